The highest BCUT2D eigenvalue weighted by Crippen LogP contribution is 2.52. The van der Waals surface area contributed by atoms with E-state index >= 15 is 0 Å². The molecule has 1 heterocycles. The van der Waals surface area contributed by atoms with E-state index in [4.69, 9.17) is 0 Å². The molecule has 6 nitrogen and oxygen atoms in total. The van der Waals surface area contributed by atoms with Gasteiger partial charge in [0.1, 0.15) is 0 Å². The van der Waals surface area contributed by atoms with E-state index in [1.54, 1.807) is 0 Å². The Kier molecular flexibility index (Phi) is 5.39. The lowest BCUT2D eigenvalue weighted by atomic mass is 9.85. The largest absolute Gasteiger partial charge is 0.357 e. The summed E-state index contributed by atoms with van der Waals surface area (Å²) in [6.45, 7) is 11.1. The van der Waals surface area contributed by atoms with Crippen molar-refractivity contribution in [1.82, 2.24) is 15.5 Å². The minimum absolute atomic E-state index is 0.0216. The number of nitrogens with one attached hydrogen (secondary N) is 2. The lowest BCUT2D eigenvalue weighted by Crippen LogP contribution is -2.43. The van der Waals surface area contributed by atoms with Crippen molar-refractivity contribution < 1.29 is 9.59 Å². The van der Waals surface area contributed by atoms with Crippen molar-refractivity contribution in [3.8, 4) is 0 Å². The van der Waals surface area contributed by atoms with Crippen LogP contribution in [0, 0.1) is 29.1 Å². The number of aliphatic imine (C=N–C) groups is 1. The molecule has 1 saturated heterocycles. The second-order valence-electron chi connectivity index (χ2n) is 8.83. The van der Waals surface area contributed by atoms with Crippen molar-refractivity contribution in [3.63, 3.8) is 0 Å². The van der Waals surface area contributed by atoms with Crippen LogP contribution < -0.4 is 10.6 Å². The lowest BCUT2D eigenvalue weighted by Gasteiger charge is -2.19. The normalized spacial score (nSPS) is 30.3. The molecule has 4 atom stereocenters. The third kappa shape index (κ3) is 3.79. The number of imide groups is 1. The average Bonchev–Trinajstić information content (AvgIpc) is 3.23. The van der Waals surface area contributed by atoms with Crippen molar-refractivity contribution >= 4 is 17.8 Å². The zero-order chi connectivity index (χ0) is 18.9. The van der Waals surface area contributed by atoms with Crippen LogP contribution in [0.2, 0.25) is 0 Å². The molecule has 0 aromatic carbocycles. The van der Waals surface area contributed by atoms with E-state index in [-0.39, 0.29) is 40.9 Å². The van der Waals surface area contributed by atoms with Crippen molar-refractivity contribution in [3.05, 3.63) is 12.2 Å². The number of nitrogens with zero attached hydrogens (tertiary/aromatic N) is 2. The first-order valence-electron chi connectivity index (χ1n) is 9.87. The smallest absolute Gasteiger partial charge is 0.233 e. The van der Waals surface area contributed by atoms with E-state index in [1.807, 2.05) is 6.92 Å². The quantitative estimate of drug-likeness (QED) is 0.328. The van der Waals surface area contributed by atoms with Crippen molar-refractivity contribution in [2.75, 3.05) is 26.2 Å². The molecule has 0 aromatic heterocycles. The van der Waals surface area contributed by atoms with E-state index in [2.05, 4.69) is 48.5 Å². The molecule has 0 aromatic rings. The first-order valence-corrected chi connectivity index (χ1v) is 9.87. The molecule has 6 heteroatoms. The highest BCUT2D eigenvalue weighted by atomic mass is 16.2. The predicted molar refractivity (Wildman–Crippen MR) is 102 cm³/mol. The number of likely N-dealkylation sites (tertiary alicyclic amines) is 1. The van der Waals surface area contributed by atoms with Gasteiger partial charge in [-0.1, -0.05) is 32.9 Å². The van der Waals surface area contributed by atoms with Crippen LogP contribution in [0.3, 0.4) is 0 Å². The number of guanidine groups is 1. The second kappa shape index (κ2) is 7.41. The van der Waals surface area contributed by atoms with Gasteiger partial charge in [-0.3, -0.25) is 19.5 Å². The Morgan fingerprint density at radius 1 is 1.15 bits per heavy atom. The minimum atomic E-state index is -0.105. The lowest BCUT2D eigenvalue weighted by molar-refractivity contribution is -0.140. The van der Waals surface area contributed by atoms with E-state index in [1.165, 1.54) is 4.90 Å². The van der Waals surface area contributed by atoms with Crippen LogP contribution >= 0.6 is 0 Å². The fourth-order valence-electron chi connectivity index (χ4n) is 4.32. The highest BCUT2D eigenvalue weighted by molar-refractivity contribution is 6.06. The van der Waals surface area contributed by atoms with Crippen LogP contribution in [0.4, 0.5) is 0 Å². The fraction of sp³-hybridized carbons (Fsp3) is 0.750. The van der Waals surface area contributed by atoms with Gasteiger partial charge in [0.2, 0.25) is 11.8 Å². The summed E-state index contributed by atoms with van der Waals surface area (Å²) in [6.07, 6.45) is 6.24. The van der Waals surface area contributed by atoms with Gasteiger partial charge in [0.25, 0.3) is 0 Å². The molecule has 1 saturated carbocycles. The van der Waals surface area contributed by atoms with E-state index in [9.17, 15) is 9.59 Å². The van der Waals surface area contributed by atoms with Crippen molar-refractivity contribution in [2.45, 2.75) is 40.5 Å². The maximum absolute atomic E-state index is 12.7. The predicted octanol–water partition coefficient (Wildman–Crippen LogP) is 1.78. The third-order valence-corrected chi connectivity index (χ3v) is 5.67. The highest BCUT2D eigenvalue weighted by Gasteiger charge is 2.58. The number of fused-ring (bicyclic) bond motifs is 5. The minimum Gasteiger partial charge on any atom is -0.357 e. The summed E-state index contributed by atoms with van der Waals surface area (Å²) in [5.74, 6) is 1.13. The van der Waals surface area contributed by atoms with Crippen LogP contribution in [-0.4, -0.2) is 48.9 Å². The van der Waals surface area contributed by atoms with Gasteiger partial charge in [0, 0.05) is 26.2 Å². The second-order valence-corrected chi connectivity index (χ2v) is 8.83. The van der Waals surface area contributed by atoms with Crippen molar-refractivity contribution in [1.29, 1.82) is 0 Å². The van der Waals surface area contributed by atoms with Crippen LogP contribution in [-0.2, 0) is 9.59 Å². The Hall–Kier alpha value is -1.85. The van der Waals surface area contributed by atoms with Crippen LogP contribution in [0.1, 0.15) is 40.5 Å². The topological polar surface area (TPSA) is 73.8 Å². The van der Waals surface area contributed by atoms with Gasteiger partial charge in [-0.15, -0.1) is 0 Å². The van der Waals surface area contributed by atoms with Crippen molar-refractivity contribution in [2.24, 2.45) is 34.1 Å². The Bertz CT molecular complexity index is 590. The van der Waals surface area contributed by atoms with Crippen LogP contribution in [0.5, 0.6) is 0 Å². The Labute approximate surface area is 156 Å². The molecule has 0 radical (unpaired) electrons. The van der Waals surface area contributed by atoms with Gasteiger partial charge < -0.3 is 10.6 Å². The maximum atomic E-state index is 12.7. The zero-order valence-corrected chi connectivity index (χ0v) is 16.4. The Balaban J connectivity index is 1.51. The van der Waals surface area contributed by atoms with Crippen LogP contribution in [0.15, 0.2) is 17.1 Å². The molecule has 4 unspecified atom stereocenters. The molecule has 2 bridgehead atoms. The van der Waals surface area contributed by atoms with Gasteiger partial charge in [0.05, 0.1) is 11.8 Å². The number of amides is 2. The summed E-state index contributed by atoms with van der Waals surface area (Å²) in [5.41, 5.74) is 0.250. The maximum Gasteiger partial charge on any atom is 0.233 e. The molecular weight excluding hydrogens is 328 g/mol. The fourth-order valence-corrected chi connectivity index (χ4v) is 4.32. The first kappa shape index (κ1) is 18.9. The van der Waals surface area contributed by atoms with E-state index < -0.39 is 0 Å². The number of carbonyl (C=O) groups excluding carboxylic acids is 2. The van der Waals surface area contributed by atoms with E-state index in [0.717, 1.165) is 31.9 Å². The number of rotatable bonds is 6. The van der Waals surface area contributed by atoms with Gasteiger partial charge >= 0.3 is 0 Å². The summed E-state index contributed by atoms with van der Waals surface area (Å²) in [6, 6.07) is 0. The van der Waals surface area contributed by atoms with Gasteiger partial charge in [-0.05, 0) is 37.0 Å². The number of carbonyl (C=O) groups is 2. The Morgan fingerprint density at radius 3 is 2.31 bits per heavy atom. The molecule has 144 valence electrons. The standard InChI is InChI=1S/C20H32N4O2/c1-5-21-19(22-9-8-20(2,3)4)23-10-11-24-17(25)15-13-6-7-14(12-13)16(15)18(24)26/h6-7,13-16H,5,8-12H2,1-4H3,(H2,21,22,23). The van der Waals surface area contributed by atoms with Gasteiger partial charge in [-0.2, -0.15) is 0 Å². The summed E-state index contributed by atoms with van der Waals surface area (Å²) in [7, 11) is 0. The van der Waals surface area contributed by atoms with Gasteiger partial charge in [0.15, 0.2) is 5.96 Å². The summed E-state index contributed by atoms with van der Waals surface area (Å²) < 4.78 is 0. The molecule has 26 heavy (non-hydrogen) atoms. The zero-order valence-electron chi connectivity index (χ0n) is 16.4. The molecule has 3 rings (SSSR count). The Morgan fingerprint density at radius 2 is 1.77 bits per heavy atom. The van der Waals surface area contributed by atoms with Crippen LogP contribution in [0.25, 0.3) is 0 Å². The molecule has 2 amide bonds. The SMILES string of the molecule is CCNC(=NCCC(C)(C)C)NCCN1C(=O)C2C3C=CC(C3)C2C1=O. The van der Waals surface area contributed by atoms with E-state index in [0.29, 0.717) is 13.1 Å². The third-order valence-electron chi connectivity index (χ3n) is 5.67. The number of allylic oxidation sites excluding steroid dienone is 2. The summed E-state index contributed by atoms with van der Waals surface area (Å²) >= 11 is 0. The molecule has 2 aliphatic carbocycles. The first-order chi connectivity index (χ1) is 12.3. The molecule has 2 N–H and O–H groups in total. The monoisotopic (exact) mass is 360 g/mol. The number of hydrogen-bond donors (Lipinski definition) is 2. The molecule has 0 spiro atoms. The number of hydrogen-bond acceptors (Lipinski definition) is 3. The molecule has 1 aliphatic heterocycles. The van der Waals surface area contributed by atoms with Gasteiger partial charge in [-0.25, -0.2) is 0 Å². The summed E-state index contributed by atoms with van der Waals surface area (Å²) in [5, 5.41) is 6.48. The molecule has 2 fully saturated rings. The summed E-state index contributed by atoms with van der Waals surface area (Å²) in [4.78, 5) is 31.4. The molecular formula is C20H32N4O2. The average molecular weight is 361 g/mol. The molecule has 3 aliphatic rings.